The zero-order valence-electron chi connectivity index (χ0n) is 21.2. The molecule has 2 atom stereocenters. The number of aromatic amines is 2. The highest BCUT2D eigenvalue weighted by molar-refractivity contribution is 6.55. The molecule has 0 bridgehead atoms. The maximum absolute atomic E-state index is 6.34. The first-order valence-corrected chi connectivity index (χ1v) is 16.5. The smallest absolute Gasteiger partial charge is 0.124 e. The van der Waals surface area contributed by atoms with Gasteiger partial charge in [-0.2, -0.15) is 0 Å². The van der Waals surface area contributed by atoms with Gasteiger partial charge in [0.15, 0.2) is 0 Å². The lowest BCUT2D eigenvalue weighted by Crippen LogP contribution is -2.17. The van der Waals surface area contributed by atoms with E-state index in [-0.39, 0.29) is 6.04 Å². The van der Waals surface area contributed by atoms with Crippen molar-refractivity contribution in [1.29, 1.82) is 0 Å². The zero-order chi connectivity index (χ0) is 24.6. The Bertz CT molecular complexity index is 1310. The summed E-state index contributed by atoms with van der Waals surface area (Å²) in [6.07, 6.45) is 6.89. The lowest BCUT2D eigenvalue weighted by molar-refractivity contribution is 0.611. The molecule has 3 heterocycles. The lowest BCUT2D eigenvalue weighted by Gasteiger charge is -2.10. The van der Waals surface area contributed by atoms with Crippen molar-refractivity contribution in [2.45, 2.75) is 62.8 Å². The van der Waals surface area contributed by atoms with E-state index in [1.165, 1.54) is 41.6 Å². The molecule has 0 amide bonds. The van der Waals surface area contributed by atoms with Crippen LogP contribution >= 0.6 is 0 Å². The SMILES string of the molecule is C[SiH](C)C[C@H](N)c1nc(-c2ccc(-c3ccc(-c4nc([C@@H]5CCCN5)[nH]c4C4CC4)cc3)cc2)c[nH]1. The maximum atomic E-state index is 6.34. The molecular weight excluding hydrogens is 460 g/mol. The first-order valence-electron chi connectivity index (χ1n) is 13.4. The van der Waals surface area contributed by atoms with Crippen molar-refractivity contribution >= 4 is 8.80 Å². The van der Waals surface area contributed by atoms with E-state index >= 15 is 0 Å². The van der Waals surface area contributed by atoms with E-state index < -0.39 is 8.80 Å². The summed E-state index contributed by atoms with van der Waals surface area (Å²) in [5.41, 5.74) is 14.4. The van der Waals surface area contributed by atoms with Gasteiger partial charge in [0, 0.05) is 37.7 Å². The Hall–Kier alpha value is -3.00. The Morgan fingerprint density at radius 3 is 2.19 bits per heavy atom. The number of hydrogen-bond donors (Lipinski definition) is 4. The van der Waals surface area contributed by atoms with Gasteiger partial charge >= 0.3 is 0 Å². The van der Waals surface area contributed by atoms with E-state index in [0.29, 0.717) is 12.0 Å². The molecule has 2 fully saturated rings. The highest BCUT2D eigenvalue weighted by atomic mass is 28.3. The fourth-order valence-electron chi connectivity index (χ4n) is 5.32. The average Bonchev–Trinajstić information content (AvgIpc) is 3.30. The third kappa shape index (κ3) is 4.83. The van der Waals surface area contributed by atoms with Crippen molar-refractivity contribution in [3.05, 3.63) is 72.1 Å². The first-order chi connectivity index (χ1) is 17.5. The average molecular weight is 497 g/mol. The largest absolute Gasteiger partial charge is 0.347 e. The zero-order valence-corrected chi connectivity index (χ0v) is 22.4. The molecule has 2 aromatic heterocycles. The summed E-state index contributed by atoms with van der Waals surface area (Å²) in [5, 5.41) is 3.58. The highest BCUT2D eigenvalue weighted by Crippen LogP contribution is 2.44. The van der Waals surface area contributed by atoms with E-state index in [4.69, 9.17) is 15.7 Å². The Labute approximate surface area is 214 Å². The van der Waals surface area contributed by atoms with E-state index in [1.807, 2.05) is 6.20 Å². The second kappa shape index (κ2) is 9.80. The van der Waals surface area contributed by atoms with Crippen molar-refractivity contribution in [3.63, 3.8) is 0 Å². The minimum absolute atomic E-state index is 0.00339. The van der Waals surface area contributed by atoms with E-state index in [1.54, 1.807) is 0 Å². The van der Waals surface area contributed by atoms with Gasteiger partial charge in [-0.3, -0.25) is 0 Å². The Balaban J connectivity index is 1.20. The molecule has 2 aliphatic rings. The van der Waals surface area contributed by atoms with Crippen LogP contribution in [0.1, 0.15) is 61.0 Å². The summed E-state index contributed by atoms with van der Waals surface area (Å²) in [7, 11) is -0.731. The quantitative estimate of drug-likeness (QED) is 0.228. The number of imidazole rings is 2. The van der Waals surface area contributed by atoms with Crippen molar-refractivity contribution in [2.24, 2.45) is 5.73 Å². The van der Waals surface area contributed by atoms with Gasteiger partial charge in [0.1, 0.15) is 11.6 Å². The van der Waals surface area contributed by atoms with E-state index in [9.17, 15) is 0 Å². The monoisotopic (exact) mass is 496 g/mol. The molecule has 7 heteroatoms. The van der Waals surface area contributed by atoms with E-state index in [2.05, 4.69) is 76.9 Å². The molecule has 1 aliphatic carbocycles. The van der Waals surface area contributed by atoms with Gasteiger partial charge in [-0.05, 0) is 49.4 Å². The fraction of sp³-hybridized carbons (Fsp3) is 0.379. The summed E-state index contributed by atoms with van der Waals surface area (Å²) in [6.45, 7) is 5.73. The van der Waals surface area contributed by atoms with Gasteiger partial charge in [0.05, 0.1) is 23.5 Å². The van der Waals surface area contributed by atoms with Crippen LogP contribution in [0.3, 0.4) is 0 Å². The van der Waals surface area contributed by atoms with Gasteiger partial charge in [0.25, 0.3) is 0 Å². The molecule has 36 heavy (non-hydrogen) atoms. The summed E-state index contributed by atoms with van der Waals surface area (Å²) in [6, 6.07) is 18.9. The van der Waals surface area contributed by atoms with Crippen LogP contribution < -0.4 is 11.1 Å². The maximum Gasteiger partial charge on any atom is 0.124 e. The minimum atomic E-state index is -0.731. The van der Waals surface area contributed by atoms with Crippen LogP contribution in [0.2, 0.25) is 19.1 Å². The summed E-state index contributed by atoms with van der Waals surface area (Å²) >= 11 is 0. The third-order valence-corrected chi connectivity index (χ3v) is 8.92. The number of benzene rings is 2. The van der Waals surface area contributed by atoms with Crippen LogP contribution in [-0.4, -0.2) is 35.3 Å². The first kappa shape index (κ1) is 23.4. The van der Waals surface area contributed by atoms with Gasteiger partial charge in [0.2, 0.25) is 0 Å². The number of rotatable bonds is 8. The number of aromatic nitrogens is 4. The van der Waals surface area contributed by atoms with Crippen molar-refractivity contribution in [3.8, 4) is 33.6 Å². The van der Waals surface area contributed by atoms with Crippen molar-refractivity contribution in [1.82, 2.24) is 25.3 Å². The molecule has 0 unspecified atom stereocenters. The molecule has 4 aromatic rings. The highest BCUT2D eigenvalue weighted by Gasteiger charge is 2.31. The number of H-pyrrole nitrogens is 2. The number of nitrogens with two attached hydrogens (primary N) is 1. The molecule has 1 saturated carbocycles. The molecule has 6 rings (SSSR count). The van der Waals surface area contributed by atoms with Gasteiger partial charge < -0.3 is 21.0 Å². The predicted octanol–water partition coefficient (Wildman–Crippen LogP) is 5.92. The van der Waals surface area contributed by atoms with Crippen molar-refractivity contribution < 1.29 is 0 Å². The standard InChI is InChI=1S/C29H36N6Si/c1-36(2)17-23(30)28-32-16-25(33-28)20-9-5-18(6-10-20)19-7-11-21(12-8-19)26-27(22-13-14-22)35-29(34-26)24-4-3-15-31-24/h5-12,16,22-24,31,36H,3-4,13-15,17,30H2,1-2H3,(H,32,33)(H,34,35)/t23-,24-/m0/s1. The van der Waals surface area contributed by atoms with Crippen molar-refractivity contribution in [2.75, 3.05) is 6.54 Å². The Morgan fingerprint density at radius 2 is 1.58 bits per heavy atom. The van der Waals surface area contributed by atoms with E-state index in [0.717, 1.165) is 47.6 Å². The van der Waals surface area contributed by atoms with Crippen LogP contribution in [0.5, 0.6) is 0 Å². The van der Waals surface area contributed by atoms with Gasteiger partial charge in [-0.25, -0.2) is 9.97 Å². The topological polar surface area (TPSA) is 95.4 Å². The lowest BCUT2D eigenvalue weighted by atomic mass is 10.00. The third-order valence-electron chi connectivity index (χ3n) is 7.47. The second-order valence-corrected chi connectivity index (χ2v) is 14.1. The van der Waals surface area contributed by atoms with Gasteiger partial charge in [-0.15, -0.1) is 0 Å². The van der Waals surface area contributed by atoms with Gasteiger partial charge in [-0.1, -0.05) is 61.6 Å². The second-order valence-electron chi connectivity index (χ2n) is 10.9. The summed E-state index contributed by atoms with van der Waals surface area (Å²) in [4.78, 5) is 16.8. The van der Waals surface area contributed by atoms with Crippen LogP contribution in [0.15, 0.2) is 54.7 Å². The molecule has 5 N–H and O–H groups in total. The van der Waals surface area contributed by atoms with Crippen LogP contribution in [0, 0.1) is 0 Å². The molecule has 6 nitrogen and oxygen atoms in total. The molecule has 0 spiro atoms. The van der Waals surface area contributed by atoms with Crippen LogP contribution in [0.25, 0.3) is 33.6 Å². The normalized spacial score (nSPS) is 18.7. The molecule has 1 aliphatic heterocycles. The van der Waals surface area contributed by atoms with Crippen LogP contribution in [0.4, 0.5) is 0 Å². The Morgan fingerprint density at radius 1 is 0.917 bits per heavy atom. The molecule has 1 saturated heterocycles. The Kier molecular flexibility index (Phi) is 6.37. The number of hydrogen-bond acceptors (Lipinski definition) is 4. The predicted molar refractivity (Wildman–Crippen MR) is 150 cm³/mol. The van der Waals surface area contributed by atoms with Crippen LogP contribution in [-0.2, 0) is 0 Å². The summed E-state index contributed by atoms with van der Waals surface area (Å²) in [5.74, 6) is 2.64. The molecular formula is C29H36N6Si. The molecule has 2 aromatic carbocycles. The minimum Gasteiger partial charge on any atom is -0.347 e. The molecule has 186 valence electrons. The number of nitrogens with zero attached hydrogens (tertiary/aromatic N) is 2. The fourth-order valence-corrected chi connectivity index (χ4v) is 6.56. The number of nitrogens with one attached hydrogen (secondary N) is 3. The summed E-state index contributed by atoms with van der Waals surface area (Å²) < 4.78 is 0. The molecule has 0 radical (unpaired) electrons.